The number of benzene rings is 1. The molecule has 0 saturated heterocycles. The third-order valence-electron chi connectivity index (χ3n) is 4.06. The molecule has 1 amide bonds. The number of halogens is 2. The van der Waals surface area contributed by atoms with Gasteiger partial charge in [0, 0.05) is 41.0 Å². The number of rotatable bonds is 9. The van der Waals surface area contributed by atoms with Crippen LogP contribution in [0.4, 0.5) is 0 Å². The van der Waals surface area contributed by atoms with Crippen LogP contribution in [-0.2, 0) is 20.7 Å². The molecule has 0 aliphatic rings. The highest BCUT2D eigenvalue weighted by Crippen LogP contribution is 2.27. The lowest BCUT2D eigenvalue weighted by molar-refractivity contribution is -0.154. The fraction of sp³-hybridized carbons (Fsp3) is 0.316. The van der Waals surface area contributed by atoms with E-state index in [4.69, 9.17) is 33.0 Å². The Morgan fingerprint density at radius 1 is 1.14 bits per heavy atom. The number of carbonyl (C=O) groups is 2. The van der Waals surface area contributed by atoms with Crippen molar-refractivity contribution < 1.29 is 29.6 Å². The molecule has 0 aliphatic heterocycles. The van der Waals surface area contributed by atoms with E-state index in [1.165, 1.54) is 7.11 Å². The van der Waals surface area contributed by atoms with Crippen molar-refractivity contribution in [2.24, 2.45) is 0 Å². The quantitative estimate of drug-likeness (QED) is 0.463. The topological polar surface area (TPSA) is 129 Å². The van der Waals surface area contributed by atoms with Crippen molar-refractivity contribution in [2.45, 2.75) is 24.7 Å². The summed E-state index contributed by atoms with van der Waals surface area (Å²) in [6.07, 6.45) is -2.28. The van der Waals surface area contributed by atoms with Crippen LogP contribution in [0.2, 0.25) is 10.0 Å². The molecule has 1 aromatic heterocycles. The van der Waals surface area contributed by atoms with E-state index in [9.17, 15) is 19.8 Å². The number of nitrogens with one attached hydrogen (secondary N) is 1. The summed E-state index contributed by atoms with van der Waals surface area (Å²) in [5.41, 5.74) is 1.96. The number of carboxylic acids is 1. The molecule has 3 atom stereocenters. The number of aromatic nitrogens is 1. The molecule has 8 nitrogen and oxygen atoms in total. The molecule has 1 heterocycles. The van der Waals surface area contributed by atoms with Gasteiger partial charge in [-0.15, -0.1) is 0 Å². The third kappa shape index (κ3) is 6.66. The summed E-state index contributed by atoms with van der Waals surface area (Å²) in [5, 5.41) is 32.2. The fourth-order valence-electron chi connectivity index (χ4n) is 2.66. The van der Waals surface area contributed by atoms with E-state index >= 15 is 0 Å². The fourth-order valence-corrected chi connectivity index (χ4v) is 3.19. The van der Waals surface area contributed by atoms with Crippen LogP contribution in [0.1, 0.15) is 5.69 Å². The Balaban J connectivity index is 2.20. The summed E-state index contributed by atoms with van der Waals surface area (Å²) in [6, 6.07) is 7.37. The minimum atomic E-state index is -2.07. The predicted molar refractivity (Wildman–Crippen MR) is 107 cm³/mol. The number of methoxy groups -OCH3 is 1. The summed E-state index contributed by atoms with van der Waals surface area (Å²) < 4.78 is 4.72. The van der Waals surface area contributed by atoms with Crippen LogP contribution >= 0.6 is 23.2 Å². The Hall–Kier alpha value is -2.23. The molecule has 2 rings (SSSR count). The molecule has 0 unspecified atom stereocenters. The monoisotopic (exact) mass is 442 g/mol. The second-order valence-electron chi connectivity index (χ2n) is 6.28. The van der Waals surface area contributed by atoms with Gasteiger partial charge in [0.1, 0.15) is 12.7 Å². The zero-order chi connectivity index (χ0) is 21.6. The van der Waals surface area contributed by atoms with Crippen molar-refractivity contribution in [3.63, 3.8) is 0 Å². The van der Waals surface area contributed by atoms with E-state index < -0.39 is 30.1 Å². The summed E-state index contributed by atoms with van der Waals surface area (Å²) in [6.45, 7) is -0.283. The molecule has 0 spiro atoms. The number of aliphatic hydroxyl groups excluding tert-OH is 2. The van der Waals surface area contributed by atoms with Gasteiger partial charge in [-0.2, -0.15) is 0 Å². The standard InChI is InChI=1S/C19H20Cl2N2O6/c1-29-9-16(24)23-15(17(25)18(26)19(27)28)7-14-3-2-10(8-22-14)11-4-12(20)6-13(21)5-11/h2-6,8,15,17-18,25-26H,7,9H2,1H3,(H,23,24)(H,27,28)/t15-,17-,18+/m0/s1. The normalized spacial score (nSPS) is 14.1. The van der Waals surface area contributed by atoms with E-state index in [-0.39, 0.29) is 13.0 Å². The van der Waals surface area contributed by atoms with Crippen LogP contribution < -0.4 is 5.32 Å². The third-order valence-corrected chi connectivity index (χ3v) is 4.50. The van der Waals surface area contributed by atoms with Crippen LogP contribution in [0.15, 0.2) is 36.5 Å². The average Bonchev–Trinajstić information content (AvgIpc) is 2.66. The van der Waals surface area contributed by atoms with Crippen LogP contribution in [0.5, 0.6) is 0 Å². The average molecular weight is 443 g/mol. The van der Waals surface area contributed by atoms with Gasteiger partial charge in [0.2, 0.25) is 5.91 Å². The molecule has 156 valence electrons. The first kappa shape index (κ1) is 23.1. The maximum absolute atomic E-state index is 11.8. The van der Waals surface area contributed by atoms with Gasteiger partial charge in [-0.3, -0.25) is 9.78 Å². The molecule has 2 aromatic rings. The van der Waals surface area contributed by atoms with Crippen molar-refractivity contribution in [2.75, 3.05) is 13.7 Å². The van der Waals surface area contributed by atoms with Crippen molar-refractivity contribution in [3.05, 3.63) is 52.3 Å². The molecule has 10 heteroatoms. The lowest BCUT2D eigenvalue weighted by atomic mass is 9.99. The zero-order valence-electron chi connectivity index (χ0n) is 15.4. The molecule has 4 N–H and O–H groups in total. The van der Waals surface area contributed by atoms with Crippen LogP contribution in [0, 0.1) is 0 Å². The first-order valence-corrected chi connectivity index (χ1v) is 9.25. The van der Waals surface area contributed by atoms with Crippen molar-refractivity contribution in [3.8, 4) is 11.1 Å². The minimum Gasteiger partial charge on any atom is -0.479 e. The number of pyridine rings is 1. The maximum atomic E-state index is 11.8. The molecule has 29 heavy (non-hydrogen) atoms. The van der Waals surface area contributed by atoms with Gasteiger partial charge in [-0.1, -0.05) is 29.3 Å². The Morgan fingerprint density at radius 3 is 2.31 bits per heavy atom. The second-order valence-corrected chi connectivity index (χ2v) is 7.15. The van der Waals surface area contributed by atoms with Crippen LogP contribution in [-0.4, -0.2) is 64.1 Å². The smallest absolute Gasteiger partial charge is 0.335 e. The van der Waals surface area contributed by atoms with Gasteiger partial charge in [-0.05, 0) is 29.8 Å². The first-order valence-electron chi connectivity index (χ1n) is 8.50. The number of aliphatic carboxylic acids is 1. The molecular formula is C19H20Cl2N2O6. The number of carbonyl (C=O) groups excluding carboxylic acids is 1. The predicted octanol–water partition coefficient (Wildman–Crippen LogP) is 1.54. The lowest BCUT2D eigenvalue weighted by Gasteiger charge is -2.25. The Morgan fingerprint density at radius 2 is 1.79 bits per heavy atom. The van der Waals surface area contributed by atoms with E-state index in [0.29, 0.717) is 15.7 Å². The molecule has 0 aliphatic carbocycles. The largest absolute Gasteiger partial charge is 0.479 e. The number of nitrogens with zero attached hydrogens (tertiary/aromatic N) is 1. The number of carboxylic acid groups (broad SMARTS) is 1. The zero-order valence-corrected chi connectivity index (χ0v) is 16.9. The minimum absolute atomic E-state index is 0.0163. The van der Waals surface area contributed by atoms with Crippen LogP contribution in [0.25, 0.3) is 11.1 Å². The summed E-state index contributed by atoms with van der Waals surface area (Å²) in [7, 11) is 1.32. The van der Waals surface area contributed by atoms with E-state index in [1.54, 1.807) is 36.5 Å². The second kappa shape index (κ2) is 10.5. The van der Waals surface area contributed by atoms with Crippen molar-refractivity contribution in [1.29, 1.82) is 0 Å². The van der Waals surface area contributed by atoms with Gasteiger partial charge in [0.25, 0.3) is 0 Å². The van der Waals surface area contributed by atoms with E-state index in [1.807, 2.05) is 0 Å². The van der Waals surface area contributed by atoms with Gasteiger partial charge < -0.3 is 25.4 Å². The highest BCUT2D eigenvalue weighted by Gasteiger charge is 2.32. The molecule has 0 bridgehead atoms. The van der Waals surface area contributed by atoms with Crippen molar-refractivity contribution in [1.82, 2.24) is 10.3 Å². The molecule has 1 aromatic carbocycles. The Bertz CT molecular complexity index is 842. The molecular weight excluding hydrogens is 423 g/mol. The van der Waals surface area contributed by atoms with Gasteiger partial charge in [0.15, 0.2) is 6.10 Å². The highest BCUT2D eigenvalue weighted by molar-refractivity contribution is 6.35. The molecule has 0 fully saturated rings. The van der Waals surface area contributed by atoms with Gasteiger partial charge >= 0.3 is 5.97 Å². The highest BCUT2D eigenvalue weighted by atomic mass is 35.5. The molecule has 0 radical (unpaired) electrons. The van der Waals surface area contributed by atoms with E-state index in [2.05, 4.69) is 10.3 Å². The summed E-state index contributed by atoms with van der Waals surface area (Å²) >= 11 is 12.0. The first-order chi connectivity index (χ1) is 13.7. The number of ether oxygens (including phenoxy) is 1. The summed E-state index contributed by atoms with van der Waals surface area (Å²) in [4.78, 5) is 27.1. The number of hydrogen-bond acceptors (Lipinski definition) is 6. The van der Waals surface area contributed by atoms with E-state index in [0.717, 1.165) is 11.1 Å². The molecule has 0 saturated carbocycles. The summed E-state index contributed by atoms with van der Waals surface area (Å²) in [5.74, 6) is -2.18. The van der Waals surface area contributed by atoms with Gasteiger partial charge in [0.05, 0.1) is 6.04 Å². The van der Waals surface area contributed by atoms with Crippen LogP contribution in [0.3, 0.4) is 0 Å². The lowest BCUT2D eigenvalue weighted by Crippen LogP contribution is -2.52. The number of aliphatic hydroxyl groups is 2. The maximum Gasteiger partial charge on any atom is 0.335 e. The van der Waals surface area contributed by atoms with Gasteiger partial charge in [-0.25, -0.2) is 4.79 Å². The number of amides is 1. The Kier molecular flexibility index (Phi) is 8.36. The number of hydrogen-bond donors (Lipinski definition) is 4. The Labute approximate surface area is 177 Å². The van der Waals surface area contributed by atoms with Crippen molar-refractivity contribution >= 4 is 35.1 Å². The SMILES string of the molecule is COCC(=O)N[C@@H](Cc1ccc(-c2cc(Cl)cc(Cl)c2)cn1)[C@H](O)[C@@H](O)C(=O)O.